The van der Waals surface area contributed by atoms with Gasteiger partial charge < -0.3 is 15.8 Å². The highest BCUT2D eigenvalue weighted by Crippen LogP contribution is 2.41. The molecule has 0 aromatic heterocycles. The van der Waals surface area contributed by atoms with Gasteiger partial charge in [0, 0.05) is 18.0 Å². The Labute approximate surface area is 136 Å². The second-order valence-electron chi connectivity index (χ2n) is 6.79. The molecule has 23 heavy (non-hydrogen) atoms. The van der Waals surface area contributed by atoms with Gasteiger partial charge in [-0.1, -0.05) is 12.5 Å². The van der Waals surface area contributed by atoms with Crippen molar-refractivity contribution in [2.24, 2.45) is 23.5 Å². The number of fused-ring (bicyclic) bond motifs is 2. The summed E-state index contributed by atoms with van der Waals surface area (Å²) >= 11 is 0. The Morgan fingerprint density at radius 2 is 2.04 bits per heavy atom. The highest BCUT2D eigenvalue weighted by atomic mass is 19.1. The van der Waals surface area contributed by atoms with Crippen molar-refractivity contribution in [3.8, 4) is 5.75 Å². The largest absolute Gasteiger partial charge is 0.492 e. The van der Waals surface area contributed by atoms with Crippen LogP contribution in [0.3, 0.4) is 0 Å². The number of hydrogen-bond acceptors (Lipinski definition) is 3. The molecule has 3 N–H and O–H groups in total. The molecule has 2 atom stereocenters. The van der Waals surface area contributed by atoms with Gasteiger partial charge >= 0.3 is 0 Å². The van der Waals surface area contributed by atoms with E-state index in [1.54, 1.807) is 12.1 Å². The van der Waals surface area contributed by atoms with Crippen molar-refractivity contribution in [3.05, 3.63) is 30.1 Å². The summed E-state index contributed by atoms with van der Waals surface area (Å²) in [6.45, 7) is 0.779. The second-order valence-corrected chi connectivity index (χ2v) is 6.79. The van der Waals surface area contributed by atoms with Crippen molar-refractivity contribution in [1.29, 1.82) is 0 Å². The van der Waals surface area contributed by atoms with Crippen LogP contribution >= 0.6 is 0 Å². The van der Waals surface area contributed by atoms with E-state index in [-0.39, 0.29) is 23.7 Å². The molecular weight excluding hydrogens is 295 g/mol. The van der Waals surface area contributed by atoms with Crippen molar-refractivity contribution in [2.75, 3.05) is 13.2 Å². The molecule has 2 unspecified atom stereocenters. The zero-order valence-corrected chi connectivity index (χ0v) is 13.3. The number of ether oxygens (including phenoxy) is 1. The molecule has 0 spiro atoms. The fourth-order valence-electron chi connectivity index (χ4n) is 4.05. The Hall–Kier alpha value is -1.62. The van der Waals surface area contributed by atoms with Gasteiger partial charge in [-0.15, -0.1) is 0 Å². The summed E-state index contributed by atoms with van der Waals surface area (Å²) in [6.07, 6.45) is 5.38. The van der Waals surface area contributed by atoms with Crippen molar-refractivity contribution in [1.82, 2.24) is 5.32 Å². The number of hydrogen-bond donors (Lipinski definition) is 2. The van der Waals surface area contributed by atoms with Crippen molar-refractivity contribution in [3.63, 3.8) is 0 Å². The van der Waals surface area contributed by atoms with Gasteiger partial charge in [0.15, 0.2) is 0 Å². The molecular formula is C18H25FN2O2. The van der Waals surface area contributed by atoms with E-state index in [4.69, 9.17) is 10.5 Å². The number of nitrogens with one attached hydrogen (secondary N) is 1. The van der Waals surface area contributed by atoms with Crippen molar-refractivity contribution < 1.29 is 13.9 Å². The Bertz CT molecular complexity index is 538. The van der Waals surface area contributed by atoms with Crippen LogP contribution in [0.2, 0.25) is 0 Å². The number of carbonyl (C=O) groups excluding carboxylic acids is 1. The molecule has 126 valence electrons. The Kier molecular flexibility index (Phi) is 5.16. The molecule has 2 fully saturated rings. The van der Waals surface area contributed by atoms with E-state index in [1.165, 1.54) is 18.6 Å². The first-order chi connectivity index (χ1) is 11.1. The predicted molar refractivity (Wildman–Crippen MR) is 86.4 cm³/mol. The van der Waals surface area contributed by atoms with E-state index in [9.17, 15) is 9.18 Å². The lowest BCUT2D eigenvalue weighted by Gasteiger charge is -2.43. The highest BCUT2D eigenvalue weighted by Gasteiger charge is 2.40. The van der Waals surface area contributed by atoms with Crippen LogP contribution in [-0.4, -0.2) is 25.1 Å². The van der Waals surface area contributed by atoms with Crippen LogP contribution in [0.25, 0.3) is 0 Å². The number of benzene rings is 1. The highest BCUT2D eigenvalue weighted by molar-refractivity contribution is 5.78. The van der Waals surface area contributed by atoms with Gasteiger partial charge in [0.2, 0.25) is 5.91 Å². The van der Waals surface area contributed by atoms with E-state index in [0.29, 0.717) is 30.7 Å². The number of amides is 1. The summed E-state index contributed by atoms with van der Waals surface area (Å²) in [5.41, 5.74) is 6.26. The molecule has 2 saturated carbocycles. The molecule has 0 heterocycles. The number of halogens is 1. The van der Waals surface area contributed by atoms with Crippen LogP contribution < -0.4 is 15.8 Å². The average molecular weight is 320 g/mol. The van der Waals surface area contributed by atoms with Gasteiger partial charge in [-0.05, 0) is 49.7 Å². The maximum absolute atomic E-state index is 13.0. The van der Waals surface area contributed by atoms with E-state index in [2.05, 4.69) is 5.32 Å². The minimum atomic E-state index is -0.323. The van der Waals surface area contributed by atoms with E-state index >= 15 is 0 Å². The van der Waals surface area contributed by atoms with E-state index in [1.807, 2.05) is 0 Å². The first kappa shape index (κ1) is 16.2. The topological polar surface area (TPSA) is 64.4 Å². The van der Waals surface area contributed by atoms with E-state index in [0.717, 1.165) is 25.7 Å². The molecule has 2 aliphatic rings. The van der Waals surface area contributed by atoms with Crippen LogP contribution in [0.15, 0.2) is 24.3 Å². The van der Waals surface area contributed by atoms with Gasteiger partial charge in [-0.25, -0.2) is 4.39 Å². The first-order valence-electron chi connectivity index (χ1n) is 8.55. The number of carbonyl (C=O) groups is 1. The van der Waals surface area contributed by atoms with Gasteiger partial charge in [-0.2, -0.15) is 0 Å². The number of rotatable bonds is 5. The third kappa shape index (κ3) is 4.02. The molecule has 0 radical (unpaired) electrons. The molecule has 4 nitrogen and oxygen atoms in total. The Morgan fingerprint density at radius 1 is 1.30 bits per heavy atom. The minimum Gasteiger partial charge on any atom is -0.492 e. The van der Waals surface area contributed by atoms with Gasteiger partial charge in [0.1, 0.15) is 18.2 Å². The Balaban J connectivity index is 1.41. The predicted octanol–water partition coefficient (Wildman–Crippen LogP) is 2.47. The summed E-state index contributed by atoms with van der Waals surface area (Å²) in [5, 5.41) is 2.94. The van der Waals surface area contributed by atoms with Crippen molar-refractivity contribution >= 4 is 5.91 Å². The quantitative estimate of drug-likeness (QED) is 0.819. The summed E-state index contributed by atoms with van der Waals surface area (Å²) in [6, 6.07) is 6.30. The van der Waals surface area contributed by atoms with Crippen LogP contribution in [0.1, 0.15) is 32.1 Å². The molecule has 2 bridgehead atoms. The zero-order valence-electron chi connectivity index (χ0n) is 13.3. The third-order valence-electron chi connectivity index (χ3n) is 5.25. The SMILES string of the molecule is NC1C2CCCC1CC(C(=O)NCCOc1cccc(F)c1)C2. The summed E-state index contributed by atoms with van der Waals surface area (Å²) in [4.78, 5) is 12.3. The lowest BCUT2D eigenvalue weighted by Crippen LogP contribution is -2.49. The molecule has 1 amide bonds. The fourth-order valence-corrected chi connectivity index (χ4v) is 4.05. The molecule has 5 heteroatoms. The zero-order chi connectivity index (χ0) is 16.2. The molecule has 1 aromatic carbocycles. The number of nitrogens with two attached hydrogens (primary N) is 1. The maximum Gasteiger partial charge on any atom is 0.223 e. The third-order valence-corrected chi connectivity index (χ3v) is 5.25. The summed E-state index contributed by atoms with van der Waals surface area (Å²) in [7, 11) is 0. The van der Waals surface area contributed by atoms with Crippen LogP contribution in [0, 0.1) is 23.6 Å². The molecule has 2 aliphatic carbocycles. The maximum atomic E-state index is 13.0. The van der Waals surface area contributed by atoms with Crippen molar-refractivity contribution in [2.45, 2.75) is 38.1 Å². The molecule has 0 aliphatic heterocycles. The van der Waals surface area contributed by atoms with Crippen LogP contribution in [0.4, 0.5) is 4.39 Å². The van der Waals surface area contributed by atoms with Crippen LogP contribution in [0.5, 0.6) is 5.75 Å². The molecule has 0 saturated heterocycles. The van der Waals surface area contributed by atoms with Gasteiger partial charge in [-0.3, -0.25) is 4.79 Å². The normalized spacial score (nSPS) is 29.8. The minimum absolute atomic E-state index is 0.0827. The standard InChI is InChI=1S/C18H25FN2O2/c19-15-5-2-6-16(11-15)23-8-7-21-18(22)14-9-12-3-1-4-13(10-14)17(12)20/h2,5-6,11-14,17H,1,3-4,7-10,20H2,(H,21,22). The average Bonchev–Trinajstić information content (AvgIpc) is 2.51. The summed E-state index contributed by atoms with van der Waals surface area (Å²) in [5.74, 6) is 1.36. The van der Waals surface area contributed by atoms with Gasteiger partial charge in [0.25, 0.3) is 0 Å². The molecule has 3 rings (SSSR count). The Morgan fingerprint density at radius 3 is 2.74 bits per heavy atom. The monoisotopic (exact) mass is 320 g/mol. The fraction of sp³-hybridized carbons (Fsp3) is 0.611. The summed E-state index contributed by atoms with van der Waals surface area (Å²) < 4.78 is 18.5. The second kappa shape index (κ2) is 7.30. The van der Waals surface area contributed by atoms with Crippen LogP contribution in [-0.2, 0) is 4.79 Å². The smallest absolute Gasteiger partial charge is 0.223 e. The lowest BCUT2D eigenvalue weighted by atomic mass is 9.65. The van der Waals surface area contributed by atoms with Gasteiger partial charge in [0.05, 0.1) is 6.54 Å². The molecule has 1 aromatic rings. The first-order valence-corrected chi connectivity index (χ1v) is 8.55. The lowest BCUT2D eigenvalue weighted by molar-refractivity contribution is -0.128. The van der Waals surface area contributed by atoms with E-state index < -0.39 is 0 Å².